The summed E-state index contributed by atoms with van der Waals surface area (Å²) in [6.07, 6.45) is 0. The minimum absolute atomic E-state index is 0.0784. The van der Waals surface area contributed by atoms with Gasteiger partial charge in [0.15, 0.2) is 0 Å². The Labute approximate surface area is 127 Å². The molecule has 0 bridgehead atoms. The third-order valence-corrected chi connectivity index (χ3v) is 4.36. The summed E-state index contributed by atoms with van der Waals surface area (Å²) in [5, 5.41) is 10.7. The standard InChI is InChI=1S/C14H14N2O5S/c1-21-13-7-5-11(6-8-13)10-15-22(19,20)14-4-2-3-12(9-14)16(17)18/h2-9,15H,10H2,1H3. The monoisotopic (exact) mass is 322 g/mol. The van der Waals surface area contributed by atoms with Crippen LogP contribution in [0.4, 0.5) is 5.69 Å². The van der Waals surface area contributed by atoms with Gasteiger partial charge in [0, 0.05) is 18.7 Å². The van der Waals surface area contributed by atoms with Crippen molar-refractivity contribution < 1.29 is 18.1 Å². The first-order valence-corrected chi connectivity index (χ1v) is 7.78. The van der Waals surface area contributed by atoms with E-state index >= 15 is 0 Å². The van der Waals surface area contributed by atoms with Crippen LogP contribution in [0.1, 0.15) is 5.56 Å². The highest BCUT2D eigenvalue weighted by Gasteiger charge is 2.17. The van der Waals surface area contributed by atoms with E-state index in [1.54, 1.807) is 31.4 Å². The van der Waals surface area contributed by atoms with Crippen LogP contribution in [0.25, 0.3) is 0 Å². The highest BCUT2D eigenvalue weighted by molar-refractivity contribution is 7.89. The molecule has 2 aromatic rings. The van der Waals surface area contributed by atoms with Crippen LogP contribution in [-0.2, 0) is 16.6 Å². The second-order valence-corrected chi connectivity index (χ2v) is 6.19. The van der Waals surface area contributed by atoms with Gasteiger partial charge in [0.25, 0.3) is 5.69 Å². The van der Waals surface area contributed by atoms with Crippen molar-refractivity contribution in [3.8, 4) is 5.75 Å². The predicted octanol–water partition coefficient (Wildman–Crippen LogP) is 2.08. The largest absolute Gasteiger partial charge is 0.497 e. The molecule has 0 aliphatic carbocycles. The third-order valence-electron chi connectivity index (χ3n) is 2.96. The molecule has 22 heavy (non-hydrogen) atoms. The van der Waals surface area contributed by atoms with Crippen molar-refractivity contribution in [2.75, 3.05) is 7.11 Å². The lowest BCUT2D eigenvalue weighted by atomic mass is 10.2. The minimum Gasteiger partial charge on any atom is -0.497 e. The van der Waals surface area contributed by atoms with Gasteiger partial charge in [-0.15, -0.1) is 0 Å². The lowest BCUT2D eigenvalue weighted by Gasteiger charge is -2.07. The van der Waals surface area contributed by atoms with Crippen molar-refractivity contribution in [1.29, 1.82) is 0 Å². The number of benzene rings is 2. The molecule has 2 aromatic carbocycles. The maximum Gasteiger partial charge on any atom is 0.270 e. The molecule has 0 aliphatic rings. The predicted molar refractivity (Wildman–Crippen MR) is 80.1 cm³/mol. The number of non-ortho nitro benzene ring substituents is 1. The molecule has 1 N–H and O–H groups in total. The molecular formula is C14H14N2O5S. The van der Waals surface area contributed by atoms with Crippen LogP contribution in [0.2, 0.25) is 0 Å². The fraction of sp³-hybridized carbons (Fsp3) is 0.143. The van der Waals surface area contributed by atoms with Gasteiger partial charge in [0.1, 0.15) is 5.75 Å². The highest BCUT2D eigenvalue weighted by atomic mass is 32.2. The number of sulfonamides is 1. The molecule has 0 amide bonds. The second-order valence-electron chi connectivity index (χ2n) is 4.43. The molecule has 7 nitrogen and oxygen atoms in total. The Morgan fingerprint density at radius 3 is 2.45 bits per heavy atom. The van der Waals surface area contributed by atoms with Crippen LogP contribution in [-0.4, -0.2) is 20.5 Å². The van der Waals surface area contributed by atoms with Crippen LogP contribution in [0.15, 0.2) is 53.4 Å². The van der Waals surface area contributed by atoms with Gasteiger partial charge in [-0.25, -0.2) is 13.1 Å². The van der Waals surface area contributed by atoms with E-state index in [-0.39, 0.29) is 17.1 Å². The van der Waals surface area contributed by atoms with Crippen LogP contribution in [0.5, 0.6) is 5.75 Å². The molecule has 0 aromatic heterocycles. The number of nitrogens with zero attached hydrogens (tertiary/aromatic N) is 1. The summed E-state index contributed by atoms with van der Waals surface area (Å²) in [5.41, 5.74) is 0.474. The summed E-state index contributed by atoms with van der Waals surface area (Å²) in [4.78, 5) is 9.92. The average Bonchev–Trinajstić information content (AvgIpc) is 2.53. The molecule has 0 saturated carbocycles. The molecule has 116 valence electrons. The number of ether oxygens (including phenoxy) is 1. The maximum atomic E-state index is 12.1. The van der Waals surface area contributed by atoms with E-state index in [1.807, 2.05) is 0 Å². The molecule has 8 heteroatoms. The zero-order chi connectivity index (χ0) is 16.2. The maximum absolute atomic E-state index is 12.1. The molecule has 0 spiro atoms. The summed E-state index contributed by atoms with van der Waals surface area (Å²) in [6, 6.07) is 11.8. The van der Waals surface area contributed by atoms with Gasteiger partial charge in [0.05, 0.1) is 16.9 Å². The van der Waals surface area contributed by atoms with Gasteiger partial charge < -0.3 is 4.74 Å². The van der Waals surface area contributed by atoms with E-state index in [4.69, 9.17) is 4.74 Å². The number of nitrogens with one attached hydrogen (secondary N) is 1. The van der Waals surface area contributed by atoms with Gasteiger partial charge in [0.2, 0.25) is 10.0 Å². The van der Waals surface area contributed by atoms with Crippen molar-refractivity contribution in [2.45, 2.75) is 11.4 Å². The lowest BCUT2D eigenvalue weighted by molar-refractivity contribution is -0.385. The molecule has 0 fully saturated rings. The van der Waals surface area contributed by atoms with Crippen molar-refractivity contribution >= 4 is 15.7 Å². The highest BCUT2D eigenvalue weighted by Crippen LogP contribution is 2.18. The van der Waals surface area contributed by atoms with Gasteiger partial charge >= 0.3 is 0 Å². The Kier molecular flexibility index (Phi) is 4.74. The smallest absolute Gasteiger partial charge is 0.270 e. The average molecular weight is 322 g/mol. The number of methoxy groups -OCH3 is 1. The molecule has 2 rings (SSSR count). The van der Waals surface area contributed by atoms with Gasteiger partial charge in [-0.2, -0.15) is 0 Å². The second kappa shape index (κ2) is 6.54. The normalized spacial score (nSPS) is 11.1. The number of hydrogen-bond donors (Lipinski definition) is 1. The van der Waals surface area contributed by atoms with E-state index < -0.39 is 14.9 Å². The fourth-order valence-corrected chi connectivity index (χ4v) is 2.83. The summed E-state index contributed by atoms with van der Waals surface area (Å²) >= 11 is 0. The number of nitro groups is 1. The van der Waals surface area contributed by atoms with Crippen LogP contribution in [0, 0.1) is 10.1 Å². The van der Waals surface area contributed by atoms with E-state index in [2.05, 4.69) is 4.72 Å². The quantitative estimate of drug-likeness (QED) is 0.648. The van der Waals surface area contributed by atoms with Crippen molar-refractivity contribution in [2.24, 2.45) is 0 Å². The molecule has 0 radical (unpaired) electrons. The van der Waals surface area contributed by atoms with Crippen molar-refractivity contribution in [1.82, 2.24) is 4.72 Å². The third kappa shape index (κ3) is 3.80. The van der Waals surface area contributed by atoms with Crippen molar-refractivity contribution in [3.63, 3.8) is 0 Å². The summed E-state index contributed by atoms with van der Waals surface area (Å²) in [7, 11) is -2.27. The number of hydrogen-bond acceptors (Lipinski definition) is 5. The topological polar surface area (TPSA) is 98.5 Å². The minimum atomic E-state index is -3.82. The van der Waals surface area contributed by atoms with Crippen LogP contribution in [0.3, 0.4) is 0 Å². The first-order chi connectivity index (χ1) is 10.4. The Bertz CT molecular complexity index is 772. The Morgan fingerprint density at radius 1 is 1.18 bits per heavy atom. The SMILES string of the molecule is COc1ccc(CNS(=O)(=O)c2cccc([N+](=O)[O-])c2)cc1. The van der Waals surface area contributed by atoms with E-state index in [0.717, 1.165) is 11.6 Å². The Morgan fingerprint density at radius 2 is 1.86 bits per heavy atom. The Hall–Kier alpha value is -2.45. The first kappa shape index (κ1) is 15.9. The summed E-state index contributed by atoms with van der Waals surface area (Å²) in [6.45, 7) is 0.0784. The van der Waals surface area contributed by atoms with E-state index in [9.17, 15) is 18.5 Å². The molecule has 0 saturated heterocycles. The van der Waals surface area contributed by atoms with E-state index in [0.29, 0.717) is 5.75 Å². The molecule has 0 unspecified atom stereocenters. The summed E-state index contributed by atoms with van der Waals surface area (Å²) < 4.78 is 31.7. The van der Waals surface area contributed by atoms with Crippen LogP contribution < -0.4 is 9.46 Å². The number of rotatable bonds is 6. The summed E-state index contributed by atoms with van der Waals surface area (Å²) in [5.74, 6) is 0.672. The van der Waals surface area contributed by atoms with E-state index in [1.165, 1.54) is 18.2 Å². The number of nitro benzene ring substituents is 1. The van der Waals surface area contributed by atoms with Gasteiger partial charge in [-0.3, -0.25) is 10.1 Å². The van der Waals surface area contributed by atoms with Gasteiger partial charge in [-0.1, -0.05) is 18.2 Å². The van der Waals surface area contributed by atoms with Crippen LogP contribution >= 0.6 is 0 Å². The molecule has 0 aliphatic heterocycles. The fourth-order valence-electron chi connectivity index (χ4n) is 1.77. The first-order valence-electron chi connectivity index (χ1n) is 6.29. The zero-order valence-corrected chi connectivity index (χ0v) is 12.5. The zero-order valence-electron chi connectivity index (χ0n) is 11.7. The molecule has 0 atom stereocenters. The van der Waals surface area contributed by atoms with Gasteiger partial charge in [-0.05, 0) is 23.8 Å². The molecular weight excluding hydrogens is 308 g/mol. The van der Waals surface area contributed by atoms with Crippen molar-refractivity contribution in [3.05, 3.63) is 64.2 Å². The Balaban J connectivity index is 2.13. The lowest BCUT2D eigenvalue weighted by Crippen LogP contribution is -2.23. The molecule has 0 heterocycles.